The SMILES string of the molecule is COc1ccc(OCC(=O)Nc2ccccc2Cc2nc(-c3cccnc3)no2)cc1. The van der Waals surface area contributed by atoms with Gasteiger partial charge >= 0.3 is 0 Å². The van der Waals surface area contributed by atoms with E-state index in [1.54, 1.807) is 43.8 Å². The Balaban J connectivity index is 1.39. The molecule has 0 radical (unpaired) electrons. The summed E-state index contributed by atoms with van der Waals surface area (Å²) in [7, 11) is 1.59. The van der Waals surface area contributed by atoms with Crippen LogP contribution >= 0.6 is 0 Å². The number of anilines is 1. The minimum atomic E-state index is -0.273. The molecule has 0 atom stereocenters. The van der Waals surface area contributed by atoms with Crippen LogP contribution in [0.15, 0.2) is 77.6 Å². The zero-order valence-corrected chi connectivity index (χ0v) is 16.8. The Kier molecular flexibility index (Phi) is 6.18. The summed E-state index contributed by atoms with van der Waals surface area (Å²) in [5.41, 5.74) is 2.28. The predicted molar refractivity (Wildman–Crippen MR) is 114 cm³/mol. The first kappa shape index (κ1) is 20.1. The number of nitrogens with one attached hydrogen (secondary N) is 1. The molecule has 0 saturated heterocycles. The van der Waals surface area contributed by atoms with Crippen LogP contribution in [0.3, 0.4) is 0 Å². The minimum absolute atomic E-state index is 0.119. The zero-order valence-electron chi connectivity index (χ0n) is 16.8. The summed E-state index contributed by atoms with van der Waals surface area (Å²) in [5.74, 6) is 1.94. The molecule has 1 N–H and O–H groups in total. The molecule has 0 aliphatic rings. The number of amides is 1. The molecule has 0 aliphatic heterocycles. The van der Waals surface area contributed by atoms with E-state index < -0.39 is 0 Å². The molecule has 0 bridgehead atoms. The van der Waals surface area contributed by atoms with Gasteiger partial charge in [-0.25, -0.2) is 0 Å². The Morgan fingerprint density at radius 1 is 1.03 bits per heavy atom. The molecule has 2 aromatic heterocycles. The number of benzene rings is 2. The summed E-state index contributed by atoms with van der Waals surface area (Å²) in [6.45, 7) is -0.119. The number of methoxy groups -OCH3 is 1. The van der Waals surface area contributed by atoms with E-state index in [0.717, 1.165) is 16.9 Å². The summed E-state index contributed by atoms with van der Waals surface area (Å²) in [4.78, 5) is 20.9. The number of hydrogen-bond donors (Lipinski definition) is 1. The van der Waals surface area contributed by atoms with E-state index in [-0.39, 0.29) is 12.5 Å². The van der Waals surface area contributed by atoms with Crippen molar-refractivity contribution in [3.8, 4) is 22.9 Å². The van der Waals surface area contributed by atoms with Crippen molar-refractivity contribution in [1.82, 2.24) is 15.1 Å². The second kappa shape index (κ2) is 9.53. The Bertz CT molecular complexity index is 1140. The number of aromatic nitrogens is 3. The van der Waals surface area contributed by atoms with Gasteiger partial charge in [-0.15, -0.1) is 0 Å². The third kappa shape index (κ3) is 5.24. The molecule has 8 heteroatoms. The highest BCUT2D eigenvalue weighted by atomic mass is 16.5. The van der Waals surface area contributed by atoms with Gasteiger partial charge in [0, 0.05) is 23.6 Å². The van der Waals surface area contributed by atoms with E-state index in [1.165, 1.54) is 0 Å². The minimum Gasteiger partial charge on any atom is -0.497 e. The van der Waals surface area contributed by atoms with Crippen LogP contribution in [0.1, 0.15) is 11.5 Å². The van der Waals surface area contributed by atoms with Gasteiger partial charge in [-0.2, -0.15) is 4.98 Å². The van der Waals surface area contributed by atoms with Gasteiger partial charge in [-0.05, 0) is 48.0 Å². The van der Waals surface area contributed by atoms with Gasteiger partial charge in [0.15, 0.2) is 6.61 Å². The summed E-state index contributed by atoms with van der Waals surface area (Å²) in [6, 6.07) is 18.1. The number of pyridine rings is 1. The number of carbonyl (C=O) groups is 1. The van der Waals surface area contributed by atoms with Crippen LogP contribution in [0.2, 0.25) is 0 Å². The first-order valence-electron chi connectivity index (χ1n) is 9.59. The fourth-order valence-corrected chi connectivity index (χ4v) is 2.91. The highest BCUT2D eigenvalue weighted by Crippen LogP contribution is 2.21. The fraction of sp³-hybridized carbons (Fsp3) is 0.130. The Labute approximate surface area is 178 Å². The van der Waals surface area contributed by atoms with Crippen molar-refractivity contribution in [3.05, 3.63) is 84.5 Å². The molecule has 0 aliphatic carbocycles. The van der Waals surface area contributed by atoms with E-state index in [0.29, 0.717) is 29.6 Å². The zero-order chi connectivity index (χ0) is 21.5. The lowest BCUT2D eigenvalue weighted by atomic mass is 10.1. The number of carbonyl (C=O) groups excluding carboxylic acids is 1. The molecule has 4 aromatic rings. The van der Waals surface area contributed by atoms with Crippen LogP contribution in [-0.2, 0) is 11.2 Å². The third-order valence-corrected chi connectivity index (χ3v) is 4.45. The summed E-state index contributed by atoms with van der Waals surface area (Å²) >= 11 is 0. The largest absolute Gasteiger partial charge is 0.497 e. The van der Waals surface area contributed by atoms with Gasteiger partial charge in [0.1, 0.15) is 11.5 Å². The standard InChI is InChI=1S/C23H20N4O4/c1-29-18-8-10-19(11-9-18)30-15-21(28)25-20-7-3-2-5-16(20)13-22-26-23(27-31-22)17-6-4-12-24-14-17/h2-12,14H,13,15H2,1H3,(H,25,28). The maximum atomic E-state index is 12.4. The number of ether oxygens (including phenoxy) is 2. The van der Waals surface area contributed by atoms with Crippen LogP contribution < -0.4 is 14.8 Å². The normalized spacial score (nSPS) is 10.5. The van der Waals surface area contributed by atoms with E-state index in [1.807, 2.05) is 36.4 Å². The van der Waals surface area contributed by atoms with Gasteiger partial charge in [0.25, 0.3) is 5.91 Å². The maximum Gasteiger partial charge on any atom is 0.262 e. The van der Waals surface area contributed by atoms with Crippen molar-refractivity contribution in [2.24, 2.45) is 0 Å². The number of hydrogen-bond acceptors (Lipinski definition) is 7. The van der Waals surface area contributed by atoms with Crippen LogP contribution in [0.25, 0.3) is 11.4 Å². The monoisotopic (exact) mass is 416 g/mol. The molecular weight excluding hydrogens is 396 g/mol. The topological polar surface area (TPSA) is 99.4 Å². The molecule has 1 amide bonds. The molecule has 2 aromatic carbocycles. The van der Waals surface area contributed by atoms with Crippen molar-refractivity contribution >= 4 is 11.6 Å². The lowest BCUT2D eigenvalue weighted by Crippen LogP contribution is -2.21. The van der Waals surface area contributed by atoms with Gasteiger partial charge in [0.2, 0.25) is 11.7 Å². The molecular formula is C23H20N4O4. The van der Waals surface area contributed by atoms with Crippen molar-refractivity contribution in [2.45, 2.75) is 6.42 Å². The number of nitrogens with zero attached hydrogens (tertiary/aromatic N) is 3. The Morgan fingerprint density at radius 3 is 2.61 bits per heavy atom. The summed E-state index contributed by atoms with van der Waals surface area (Å²) in [5, 5.41) is 6.88. The van der Waals surface area contributed by atoms with Crippen LogP contribution in [0.5, 0.6) is 11.5 Å². The van der Waals surface area contributed by atoms with Crippen molar-refractivity contribution < 1.29 is 18.8 Å². The molecule has 156 valence electrons. The highest BCUT2D eigenvalue weighted by molar-refractivity contribution is 5.92. The average Bonchev–Trinajstić information content (AvgIpc) is 3.28. The Hall–Kier alpha value is -4.20. The molecule has 0 saturated carbocycles. The van der Waals surface area contributed by atoms with E-state index in [2.05, 4.69) is 20.4 Å². The van der Waals surface area contributed by atoms with Gasteiger partial charge in [0.05, 0.1) is 13.5 Å². The molecule has 0 unspecified atom stereocenters. The summed E-state index contributed by atoms with van der Waals surface area (Å²) in [6.07, 6.45) is 3.73. The smallest absolute Gasteiger partial charge is 0.262 e. The predicted octanol–water partition coefficient (Wildman–Crippen LogP) is 3.75. The second-order valence-corrected chi connectivity index (χ2v) is 6.60. The molecule has 4 rings (SSSR count). The van der Waals surface area contributed by atoms with Crippen molar-refractivity contribution in [3.63, 3.8) is 0 Å². The quantitative estimate of drug-likeness (QED) is 0.467. The highest BCUT2D eigenvalue weighted by Gasteiger charge is 2.13. The van der Waals surface area contributed by atoms with Crippen molar-refractivity contribution in [2.75, 3.05) is 19.0 Å². The molecule has 8 nitrogen and oxygen atoms in total. The first-order valence-corrected chi connectivity index (χ1v) is 9.59. The van der Waals surface area contributed by atoms with E-state index >= 15 is 0 Å². The van der Waals surface area contributed by atoms with E-state index in [9.17, 15) is 4.79 Å². The number of para-hydroxylation sites is 1. The lowest BCUT2D eigenvalue weighted by molar-refractivity contribution is -0.118. The van der Waals surface area contributed by atoms with Gasteiger partial charge < -0.3 is 19.3 Å². The molecule has 31 heavy (non-hydrogen) atoms. The van der Waals surface area contributed by atoms with Gasteiger partial charge in [-0.1, -0.05) is 23.4 Å². The molecule has 0 fully saturated rings. The van der Waals surface area contributed by atoms with Crippen molar-refractivity contribution in [1.29, 1.82) is 0 Å². The fourth-order valence-electron chi connectivity index (χ4n) is 2.91. The lowest BCUT2D eigenvalue weighted by Gasteiger charge is -2.11. The molecule has 0 spiro atoms. The first-order chi connectivity index (χ1) is 15.2. The third-order valence-electron chi connectivity index (χ3n) is 4.45. The van der Waals surface area contributed by atoms with Crippen LogP contribution in [-0.4, -0.2) is 34.7 Å². The van der Waals surface area contributed by atoms with Crippen LogP contribution in [0, 0.1) is 0 Å². The average molecular weight is 416 g/mol. The summed E-state index contributed by atoms with van der Waals surface area (Å²) < 4.78 is 16.0. The van der Waals surface area contributed by atoms with Gasteiger partial charge in [-0.3, -0.25) is 9.78 Å². The Morgan fingerprint density at radius 2 is 1.84 bits per heavy atom. The van der Waals surface area contributed by atoms with Crippen LogP contribution in [0.4, 0.5) is 5.69 Å². The second-order valence-electron chi connectivity index (χ2n) is 6.60. The maximum absolute atomic E-state index is 12.4. The van der Waals surface area contributed by atoms with E-state index in [4.69, 9.17) is 14.0 Å². The number of rotatable bonds is 8. The molecule has 2 heterocycles.